The average Bonchev–Trinajstić information content (AvgIpc) is 3.40. The summed E-state index contributed by atoms with van der Waals surface area (Å²) in [5, 5.41) is 0.879. The van der Waals surface area contributed by atoms with Gasteiger partial charge < -0.3 is 23.4 Å². The van der Waals surface area contributed by atoms with Gasteiger partial charge in [0.2, 0.25) is 0 Å². The van der Waals surface area contributed by atoms with Crippen LogP contribution in [0, 0.1) is 0 Å². The summed E-state index contributed by atoms with van der Waals surface area (Å²) in [6.07, 6.45) is 0.983. The maximum atomic E-state index is 13.6. The SMILES string of the molecule is CC(C)(C)[Si](C)(C)O[C@@H]1C[C@@H]2OC(c3ccccc3)OC[C@H]2O[C@H]1OCCc1cn(S(=O)(=O)c2ccccc2)c2ccccc12. The fourth-order valence-electron chi connectivity index (χ4n) is 5.71. The zero-order chi connectivity index (χ0) is 31.8. The summed E-state index contributed by atoms with van der Waals surface area (Å²) in [7, 11) is -5.94. The minimum absolute atomic E-state index is 0.00355. The zero-order valence-corrected chi connectivity index (χ0v) is 28.4. The van der Waals surface area contributed by atoms with Crippen molar-refractivity contribution in [3.63, 3.8) is 0 Å². The van der Waals surface area contributed by atoms with E-state index >= 15 is 0 Å². The number of hydrogen-bond acceptors (Lipinski definition) is 7. The third-order valence-electron chi connectivity index (χ3n) is 9.24. The van der Waals surface area contributed by atoms with Gasteiger partial charge in [0.05, 0.1) is 35.8 Å². The summed E-state index contributed by atoms with van der Waals surface area (Å²) in [4.78, 5) is 0.246. The van der Waals surface area contributed by atoms with Crippen molar-refractivity contribution in [2.75, 3.05) is 13.2 Å². The highest BCUT2D eigenvalue weighted by Crippen LogP contribution is 2.41. The lowest BCUT2D eigenvalue weighted by Gasteiger charge is -2.48. The molecule has 0 amide bonds. The standard InChI is InChI=1S/C35H43NO7SSi/c1-35(2,3)45(4,5)43-31-22-30-32(24-40-33(41-30)25-14-8-6-9-15-25)42-34(31)39-21-20-26-23-36(29-19-13-12-18-28(26)29)44(37,38)27-16-10-7-11-17-27/h6-19,23,30-34H,20-22,24H2,1-5H3/t30-,31+,32+,33?,34+/m0/s1. The highest BCUT2D eigenvalue weighted by atomic mass is 32.2. The molecular weight excluding hydrogens is 607 g/mol. The van der Waals surface area contributed by atoms with Crippen molar-refractivity contribution in [2.24, 2.45) is 0 Å². The van der Waals surface area contributed by atoms with Crippen LogP contribution in [0.15, 0.2) is 96.0 Å². The molecule has 5 atom stereocenters. The van der Waals surface area contributed by atoms with Gasteiger partial charge in [0.1, 0.15) is 6.10 Å². The van der Waals surface area contributed by atoms with Crippen LogP contribution in [0.2, 0.25) is 18.1 Å². The minimum atomic E-state index is -3.76. The van der Waals surface area contributed by atoms with Crippen LogP contribution in [-0.4, -0.2) is 58.5 Å². The van der Waals surface area contributed by atoms with E-state index in [9.17, 15) is 8.42 Å². The second-order valence-corrected chi connectivity index (χ2v) is 19.9. The molecule has 10 heteroatoms. The number of para-hydroxylation sites is 1. The average molecular weight is 650 g/mol. The Balaban J connectivity index is 1.20. The molecule has 0 saturated carbocycles. The Kier molecular flexibility index (Phi) is 9.10. The minimum Gasteiger partial charge on any atom is -0.409 e. The van der Waals surface area contributed by atoms with E-state index in [1.807, 2.05) is 54.6 Å². The van der Waals surface area contributed by atoms with Crippen molar-refractivity contribution in [1.29, 1.82) is 0 Å². The Hall–Kier alpha value is -2.83. The predicted molar refractivity (Wildman–Crippen MR) is 176 cm³/mol. The molecule has 0 N–H and O–H groups in total. The highest BCUT2D eigenvalue weighted by molar-refractivity contribution is 7.90. The van der Waals surface area contributed by atoms with Crippen LogP contribution in [0.4, 0.5) is 0 Å². The second kappa shape index (κ2) is 12.8. The largest absolute Gasteiger partial charge is 0.409 e. The van der Waals surface area contributed by atoms with Crippen molar-refractivity contribution in [3.05, 3.63) is 102 Å². The fraction of sp³-hybridized carbons (Fsp3) is 0.429. The maximum absolute atomic E-state index is 13.6. The van der Waals surface area contributed by atoms with Gasteiger partial charge >= 0.3 is 0 Å². The zero-order valence-electron chi connectivity index (χ0n) is 26.6. The molecule has 45 heavy (non-hydrogen) atoms. The molecular formula is C35H43NO7SSi. The van der Waals surface area contributed by atoms with Crippen LogP contribution < -0.4 is 0 Å². The van der Waals surface area contributed by atoms with E-state index in [1.165, 1.54) is 3.97 Å². The Labute approximate surface area is 267 Å². The molecule has 6 rings (SSSR count). The van der Waals surface area contributed by atoms with Gasteiger partial charge in [0.25, 0.3) is 10.0 Å². The van der Waals surface area contributed by atoms with Crippen LogP contribution in [0.5, 0.6) is 0 Å². The molecule has 0 aliphatic carbocycles. The van der Waals surface area contributed by atoms with Crippen molar-refractivity contribution in [2.45, 2.75) is 87.5 Å². The summed E-state index contributed by atoms with van der Waals surface area (Å²) < 4.78 is 60.9. The van der Waals surface area contributed by atoms with Crippen molar-refractivity contribution >= 4 is 29.2 Å². The number of rotatable bonds is 9. The lowest BCUT2D eigenvalue weighted by Crippen LogP contribution is -2.57. The topological polar surface area (TPSA) is 85.2 Å². The molecule has 2 saturated heterocycles. The first kappa shape index (κ1) is 32.1. The Morgan fingerprint density at radius 2 is 1.56 bits per heavy atom. The number of benzene rings is 3. The monoisotopic (exact) mass is 649 g/mol. The van der Waals surface area contributed by atoms with E-state index in [1.54, 1.807) is 36.5 Å². The first-order valence-electron chi connectivity index (χ1n) is 15.6. The van der Waals surface area contributed by atoms with Crippen LogP contribution in [0.25, 0.3) is 10.9 Å². The molecule has 2 aliphatic rings. The van der Waals surface area contributed by atoms with Crippen LogP contribution in [0.1, 0.15) is 44.6 Å². The fourth-order valence-corrected chi connectivity index (χ4v) is 8.44. The van der Waals surface area contributed by atoms with Crippen LogP contribution in [0.3, 0.4) is 0 Å². The number of ether oxygens (including phenoxy) is 4. The van der Waals surface area contributed by atoms with Gasteiger partial charge in [-0.2, -0.15) is 0 Å². The van der Waals surface area contributed by atoms with E-state index in [2.05, 4.69) is 33.9 Å². The lowest BCUT2D eigenvalue weighted by atomic mass is 10.0. The summed E-state index contributed by atoms with van der Waals surface area (Å²) in [5.41, 5.74) is 2.50. The third-order valence-corrected chi connectivity index (χ3v) is 15.4. The Morgan fingerprint density at radius 3 is 2.27 bits per heavy atom. The Morgan fingerprint density at radius 1 is 0.889 bits per heavy atom. The number of aromatic nitrogens is 1. The van der Waals surface area contributed by atoms with Crippen molar-refractivity contribution < 1.29 is 31.8 Å². The van der Waals surface area contributed by atoms with Gasteiger partial charge in [0, 0.05) is 23.6 Å². The maximum Gasteiger partial charge on any atom is 0.268 e. The molecule has 8 nitrogen and oxygen atoms in total. The van der Waals surface area contributed by atoms with Gasteiger partial charge in [-0.05, 0) is 48.3 Å². The molecule has 2 aliphatic heterocycles. The van der Waals surface area contributed by atoms with Gasteiger partial charge in [0.15, 0.2) is 20.9 Å². The molecule has 0 spiro atoms. The van der Waals surface area contributed by atoms with Crippen molar-refractivity contribution in [1.82, 2.24) is 3.97 Å². The molecule has 4 aromatic rings. The van der Waals surface area contributed by atoms with E-state index in [0.29, 0.717) is 31.6 Å². The molecule has 240 valence electrons. The smallest absolute Gasteiger partial charge is 0.268 e. The number of hydrogen-bond donors (Lipinski definition) is 0. The Bertz CT molecular complexity index is 1700. The normalized spacial score (nSPS) is 24.4. The summed E-state index contributed by atoms with van der Waals surface area (Å²) in [6, 6.07) is 26.0. The number of fused-ring (bicyclic) bond motifs is 2. The first-order valence-corrected chi connectivity index (χ1v) is 20.0. The highest BCUT2D eigenvalue weighted by Gasteiger charge is 2.48. The van der Waals surface area contributed by atoms with Crippen LogP contribution >= 0.6 is 0 Å². The third kappa shape index (κ3) is 6.69. The van der Waals surface area contributed by atoms with E-state index in [0.717, 1.165) is 16.5 Å². The molecule has 0 radical (unpaired) electrons. The van der Waals surface area contributed by atoms with Gasteiger partial charge in [-0.1, -0.05) is 87.5 Å². The van der Waals surface area contributed by atoms with Gasteiger partial charge in [-0.3, -0.25) is 0 Å². The van der Waals surface area contributed by atoms with Gasteiger partial charge in [-0.25, -0.2) is 12.4 Å². The number of nitrogens with zero attached hydrogens (tertiary/aromatic N) is 1. The molecule has 3 heterocycles. The summed E-state index contributed by atoms with van der Waals surface area (Å²) >= 11 is 0. The molecule has 1 aromatic heterocycles. The molecule has 2 fully saturated rings. The first-order chi connectivity index (χ1) is 21.4. The predicted octanol–water partition coefficient (Wildman–Crippen LogP) is 7.06. The molecule has 1 unspecified atom stereocenters. The van der Waals surface area contributed by atoms with E-state index in [4.69, 9.17) is 23.4 Å². The molecule has 3 aromatic carbocycles. The van der Waals surface area contributed by atoms with Crippen LogP contribution in [-0.2, 0) is 39.8 Å². The van der Waals surface area contributed by atoms with E-state index < -0.39 is 30.9 Å². The lowest BCUT2D eigenvalue weighted by molar-refractivity contribution is -0.334. The quantitative estimate of drug-likeness (QED) is 0.180. The van der Waals surface area contributed by atoms with Crippen molar-refractivity contribution in [3.8, 4) is 0 Å². The van der Waals surface area contributed by atoms with Gasteiger partial charge in [-0.15, -0.1) is 0 Å². The summed E-state index contributed by atoms with van der Waals surface area (Å²) in [5.74, 6) is 0. The second-order valence-electron chi connectivity index (χ2n) is 13.4. The molecule has 0 bridgehead atoms. The summed E-state index contributed by atoms with van der Waals surface area (Å²) in [6.45, 7) is 11.8. The van der Waals surface area contributed by atoms with E-state index in [-0.39, 0.29) is 28.2 Å².